The zero-order chi connectivity index (χ0) is 20.5. The first-order valence-corrected chi connectivity index (χ1v) is 9.99. The molecule has 0 aliphatic rings. The number of aromatic carboxylic acids is 1. The molecule has 0 aliphatic carbocycles. The predicted molar refractivity (Wildman–Crippen MR) is 111 cm³/mol. The maximum atomic E-state index is 11.1. The summed E-state index contributed by atoms with van der Waals surface area (Å²) in [5, 5.41) is 11.8. The van der Waals surface area contributed by atoms with Crippen molar-refractivity contribution in [1.82, 2.24) is 4.98 Å². The molecule has 0 saturated heterocycles. The van der Waals surface area contributed by atoms with E-state index in [1.165, 1.54) is 11.1 Å². The second-order valence-electron chi connectivity index (χ2n) is 7.96. The van der Waals surface area contributed by atoms with Gasteiger partial charge in [0.1, 0.15) is 17.4 Å². The van der Waals surface area contributed by atoms with Crippen molar-refractivity contribution in [3.8, 4) is 16.3 Å². The lowest BCUT2D eigenvalue weighted by Gasteiger charge is -2.23. The van der Waals surface area contributed by atoms with E-state index in [0.717, 1.165) is 28.2 Å². The Morgan fingerprint density at radius 3 is 2.36 bits per heavy atom. The maximum absolute atomic E-state index is 11.1. The smallest absolute Gasteiger partial charge is 0.124 e. The van der Waals surface area contributed by atoms with Crippen LogP contribution in [0.25, 0.3) is 10.6 Å². The highest BCUT2D eigenvalue weighted by Gasteiger charge is 2.19. The predicted octanol–water partition coefficient (Wildman–Crippen LogP) is 4.67. The number of nitrogens with zero attached hydrogens (tertiary/aromatic N) is 1. The van der Waals surface area contributed by atoms with Crippen molar-refractivity contribution in [3.63, 3.8) is 0 Å². The molecular weight excluding hydrogens is 370 g/mol. The minimum atomic E-state index is -1.18. The van der Waals surface area contributed by atoms with Crippen molar-refractivity contribution >= 4 is 17.3 Å². The lowest BCUT2D eigenvalue weighted by atomic mass is 9.86. The normalized spacial score (nSPS) is 11.5. The Morgan fingerprint density at radius 2 is 1.79 bits per heavy atom. The first-order chi connectivity index (χ1) is 13.1. The van der Waals surface area contributed by atoms with Crippen LogP contribution >= 0.6 is 11.3 Å². The third-order valence-electron chi connectivity index (χ3n) is 4.52. The van der Waals surface area contributed by atoms with Gasteiger partial charge in [0.15, 0.2) is 0 Å². The first kappa shape index (κ1) is 20.1. The fourth-order valence-electron chi connectivity index (χ4n) is 2.98. The molecular formula is C23H24NO3S-. The van der Waals surface area contributed by atoms with Gasteiger partial charge in [-0.25, -0.2) is 4.98 Å². The van der Waals surface area contributed by atoms with Gasteiger partial charge < -0.3 is 14.6 Å². The second kappa shape index (κ2) is 7.76. The summed E-state index contributed by atoms with van der Waals surface area (Å²) in [4.78, 5) is 15.6. The number of ether oxygens (including phenoxy) is 1. The molecule has 0 atom stereocenters. The Hall–Kier alpha value is -2.66. The fraction of sp³-hybridized carbons (Fsp3) is 0.304. The molecule has 0 N–H and O–H groups in total. The molecule has 1 aromatic heterocycles. The number of benzene rings is 2. The van der Waals surface area contributed by atoms with Crippen LogP contribution in [-0.4, -0.2) is 11.0 Å². The topological polar surface area (TPSA) is 62.2 Å². The van der Waals surface area contributed by atoms with Crippen molar-refractivity contribution in [3.05, 3.63) is 69.7 Å². The summed E-state index contributed by atoms with van der Waals surface area (Å²) in [5.74, 6) is -0.273. The van der Waals surface area contributed by atoms with Gasteiger partial charge in [0.2, 0.25) is 0 Å². The molecule has 3 rings (SSSR count). The van der Waals surface area contributed by atoms with Gasteiger partial charge in [0.25, 0.3) is 0 Å². The maximum Gasteiger partial charge on any atom is 0.124 e. The van der Waals surface area contributed by atoms with E-state index in [4.69, 9.17) is 4.74 Å². The van der Waals surface area contributed by atoms with Crippen molar-refractivity contribution in [2.75, 3.05) is 0 Å². The molecule has 0 bridgehead atoms. The van der Waals surface area contributed by atoms with Crippen LogP contribution in [0, 0.1) is 13.8 Å². The van der Waals surface area contributed by atoms with Crippen LogP contribution in [0.1, 0.15) is 52.8 Å². The molecule has 146 valence electrons. The minimum Gasteiger partial charge on any atom is -0.544 e. The van der Waals surface area contributed by atoms with Gasteiger partial charge in [-0.05, 0) is 42.0 Å². The van der Waals surface area contributed by atoms with E-state index in [9.17, 15) is 9.90 Å². The van der Waals surface area contributed by atoms with E-state index in [1.807, 2.05) is 24.3 Å². The summed E-state index contributed by atoms with van der Waals surface area (Å²) in [6, 6.07) is 14.2. The number of carboxylic acid groups (broad SMARTS) is 1. The van der Waals surface area contributed by atoms with Crippen LogP contribution < -0.4 is 9.84 Å². The van der Waals surface area contributed by atoms with Gasteiger partial charge in [-0.3, -0.25) is 0 Å². The Kier molecular flexibility index (Phi) is 5.57. The van der Waals surface area contributed by atoms with Gasteiger partial charge >= 0.3 is 0 Å². The summed E-state index contributed by atoms with van der Waals surface area (Å²) in [6.45, 7) is 10.7. The van der Waals surface area contributed by atoms with E-state index in [1.54, 1.807) is 6.92 Å². The summed E-state index contributed by atoms with van der Waals surface area (Å²) >= 11 is 1.14. The molecule has 0 spiro atoms. The lowest BCUT2D eigenvalue weighted by molar-refractivity contribution is -0.254. The highest BCUT2D eigenvalue weighted by molar-refractivity contribution is 7.17. The number of aromatic nitrogens is 1. The average Bonchev–Trinajstić information content (AvgIpc) is 3.01. The molecule has 3 aromatic rings. The fourth-order valence-corrected chi connectivity index (χ4v) is 3.89. The lowest BCUT2D eigenvalue weighted by Crippen LogP contribution is -2.21. The van der Waals surface area contributed by atoms with Crippen molar-refractivity contribution in [2.24, 2.45) is 0 Å². The Bertz CT molecular complexity index is 998. The third-order valence-corrected chi connectivity index (χ3v) is 5.71. The van der Waals surface area contributed by atoms with Gasteiger partial charge in [-0.15, -0.1) is 11.3 Å². The number of hydrogen-bond acceptors (Lipinski definition) is 5. The number of carbonyl (C=O) groups excluding carboxylic acids is 1. The van der Waals surface area contributed by atoms with Gasteiger partial charge in [-0.2, -0.15) is 0 Å². The second-order valence-corrected chi connectivity index (χ2v) is 8.96. The van der Waals surface area contributed by atoms with Crippen LogP contribution in [0.2, 0.25) is 0 Å². The van der Waals surface area contributed by atoms with Crippen LogP contribution in [0.4, 0.5) is 0 Å². The standard InChI is InChI=1S/C23H25NO3S/c1-14-6-11-18(23(3,4)5)19(12-14)27-13-16-7-9-17(10-8-16)21-24-15(2)20(28-21)22(25)26/h6-12H,13H2,1-5H3,(H,25,26)/p-1. The van der Waals surface area contributed by atoms with Gasteiger partial charge in [0, 0.05) is 5.56 Å². The van der Waals surface area contributed by atoms with Gasteiger partial charge in [-0.1, -0.05) is 57.2 Å². The molecule has 0 amide bonds. The molecule has 0 aliphatic heterocycles. The number of carboxylic acids is 1. The van der Waals surface area contributed by atoms with Gasteiger partial charge in [0.05, 0.1) is 16.5 Å². The largest absolute Gasteiger partial charge is 0.544 e. The molecule has 0 fully saturated rings. The summed E-state index contributed by atoms with van der Waals surface area (Å²) in [6.07, 6.45) is 0. The Labute approximate surface area is 169 Å². The van der Waals surface area contributed by atoms with Crippen molar-refractivity contribution < 1.29 is 14.6 Å². The average molecular weight is 395 g/mol. The number of rotatable bonds is 5. The molecule has 0 radical (unpaired) electrons. The van der Waals surface area contributed by atoms with Crippen molar-refractivity contribution in [2.45, 2.75) is 46.6 Å². The van der Waals surface area contributed by atoms with Crippen LogP contribution in [-0.2, 0) is 12.0 Å². The minimum absolute atomic E-state index is 0.00625. The summed E-state index contributed by atoms with van der Waals surface area (Å²) < 4.78 is 6.13. The quantitative estimate of drug-likeness (QED) is 0.631. The van der Waals surface area contributed by atoms with Crippen LogP contribution in [0.15, 0.2) is 42.5 Å². The molecule has 5 heteroatoms. The molecule has 0 saturated carbocycles. The third kappa shape index (κ3) is 4.42. The number of thiazole rings is 1. The monoisotopic (exact) mass is 394 g/mol. The van der Waals surface area contributed by atoms with E-state index >= 15 is 0 Å². The molecule has 1 heterocycles. The van der Waals surface area contributed by atoms with Crippen molar-refractivity contribution in [1.29, 1.82) is 0 Å². The highest BCUT2D eigenvalue weighted by atomic mass is 32.1. The summed E-state index contributed by atoms with van der Waals surface area (Å²) in [5.41, 5.74) is 4.77. The Morgan fingerprint density at radius 1 is 1.11 bits per heavy atom. The number of hydrogen-bond donors (Lipinski definition) is 0. The molecule has 0 unspecified atom stereocenters. The molecule has 28 heavy (non-hydrogen) atoms. The Balaban J connectivity index is 1.76. The van der Waals surface area contributed by atoms with E-state index in [0.29, 0.717) is 17.3 Å². The first-order valence-electron chi connectivity index (χ1n) is 9.17. The zero-order valence-electron chi connectivity index (χ0n) is 16.8. The van der Waals surface area contributed by atoms with E-state index < -0.39 is 5.97 Å². The van der Waals surface area contributed by atoms with E-state index in [-0.39, 0.29) is 10.3 Å². The van der Waals surface area contributed by atoms with Crippen LogP contribution in [0.3, 0.4) is 0 Å². The molecule has 2 aromatic carbocycles. The molecule has 4 nitrogen and oxygen atoms in total. The summed E-state index contributed by atoms with van der Waals surface area (Å²) in [7, 11) is 0. The van der Waals surface area contributed by atoms with Crippen LogP contribution in [0.5, 0.6) is 5.75 Å². The number of carbonyl (C=O) groups is 1. The van der Waals surface area contributed by atoms with E-state index in [2.05, 4.69) is 50.9 Å². The zero-order valence-corrected chi connectivity index (χ0v) is 17.6. The highest BCUT2D eigenvalue weighted by Crippen LogP contribution is 2.33. The SMILES string of the molecule is Cc1ccc(C(C)(C)C)c(OCc2ccc(-c3nc(C)c(C(=O)[O-])s3)cc2)c1. The number of aryl methyl sites for hydroxylation is 2.